The van der Waals surface area contributed by atoms with Gasteiger partial charge in [0.05, 0.1) is 32.6 Å². The van der Waals surface area contributed by atoms with Crippen molar-refractivity contribution in [2.24, 2.45) is 5.10 Å². The maximum atomic E-state index is 13.7. The maximum Gasteiger partial charge on any atom is 0.221 e. The highest BCUT2D eigenvalue weighted by atomic mass is 16.5. The van der Waals surface area contributed by atoms with Crippen LogP contribution in [-0.4, -0.2) is 64.5 Å². The third-order valence-corrected chi connectivity index (χ3v) is 6.80. The molecule has 0 saturated heterocycles. The van der Waals surface area contributed by atoms with Gasteiger partial charge in [0.2, 0.25) is 11.8 Å². The number of aromatic nitrogens is 3. The first-order valence-electron chi connectivity index (χ1n) is 13.4. The van der Waals surface area contributed by atoms with Crippen molar-refractivity contribution in [3.8, 4) is 17.4 Å². The number of benzene rings is 2. The van der Waals surface area contributed by atoms with Gasteiger partial charge in [0, 0.05) is 48.3 Å². The van der Waals surface area contributed by atoms with Gasteiger partial charge in [-0.25, -0.2) is 9.97 Å². The molecule has 2 aromatic carbocycles. The van der Waals surface area contributed by atoms with Crippen molar-refractivity contribution in [2.45, 2.75) is 12.5 Å². The predicted molar refractivity (Wildman–Crippen MR) is 161 cm³/mol. The highest BCUT2D eigenvalue weighted by Gasteiger charge is 2.26. The lowest BCUT2D eigenvalue weighted by molar-refractivity contribution is 0.104. The molecule has 5 rings (SSSR count). The summed E-state index contributed by atoms with van der Waals surface area (Å²) in [5, 5.41) is 15.4. The average molecular weight is 582 g/mol. The van der Waals surface area contributed by atoms with Crippen LogP contribution in [0.1, 0.15) is 44.2 Å². The van der Waals surface area contributed by atoms with Crippen LogP contribution in [0.5, 0.6) is 17.4 Å². The van der Waals surface area contributed by atoms with Gasteiger partial charge in [0.1, 0.15) is 18.5 Å². The maximum absolute atomic E-state index is 13.7. The molecule has 0 spiro atoms. The molecule has 5 N–H and O–H groups in total. The first-order valence-corrected chi connectivity index (χ1v) is 13.4. The van der Waals surface area contributed by atoms with E-state index in [1.54, 1.807) is 48.0 Å². The summed E-state index contributed by atoms with van der Waals surface area (Å²) in [6.45, 7) is 0.0423. The van der Waals surface area contributed by atoms with Gasteiger partial charge in [0.15, 0.2) is 17.3 Å². The molecule has 0 bridgehead atoms. The predicted octanol–water partition coefficient (Wildman–Crippen LogP) is 3.15. The Morgan fingerprint density at radius 3 is 2.63 bits per heavy atom. The molecule has 12 nitrogen and oxygen atoms in total. The highest BCUT2D eigenvalue weighted by Crippen LogP contribution is 2.36. The molecule has 0 radical (unpaired) electrons. The number of rotatable bonds is 11. The molecule has 1 aliphatic rings. The van der Waals surface area contributed by atoms with E-state index in [9.17, 15) is 4.79 Å². The molecule has 0 aliphatic carbocycles. The number of aliphatic hydroxyl groups is 1. The zero-order chi connectivity index (χ0) is 30.3. The van der Waals surface area contributed by atoms with Crippen molar-refractivity contribution < 1.29 is 24.1 Å². The number of nitrogens with two attached hydrogens (primary N) is 2. The number of methoxy groups -OCH3 is 2. The SMILES string of the molecule is COc1cc(Cc2cnc(N)nc2N)cc(C(=O)/C=C/N2N=Cc3ccccc3C2c2ccc(OCCO)nc2)c1OC. The van der Waals surface area contributed by atoms with Crippen molar-refractivity contribution >= 4 is 23.8 Å². The summed E-state index contributed by atoms with van der Waals surface area (Å²) >= 11 is 0. The summed E-state index contributed by atoms with van der Waals surface area (Å²) in [7, 11) is 2.98. The number of ether oxygens (including phenoxy) is 3. The minimum absolute atomic E-state index is 0.0811. The number of allylic oxidation sites excluding steroid dienone is 1. The summed E-state index contributed by atoms with van der Waals surface area (Å²) in [6, 6.07) is 14.6. The van der Waals surface area contributed by atoms with Gasteiger partial charge in [0.25, 0.3) is 0 Å². The Balaban J connectivity index is 1.47. The lowest BCUT2D eigenvalue weighted by atomic mass is 9.94. The molecule has 2 aromatic heterocycles. The van der Waals surface area contributed by atoms with Crippen LogP contribution in [0.2, 0.25) is 0 Å². The van der Waals surface area contributed by atoms with E-state index >= 15 is 0 Å². The van der Waals surface area contributed by atoms with E-state index in [-0.39, 0.29) is 36.8 Å². The van der Waals surface area contributed by atoms with E-state index in [4.69, 9.17) is 30.8 Å². The van der Waals surface area contributed by atoms with Crippen molar-refractivity contribution in [1.29, 1.82) is 0 Å². The Hall–Kier alpha value is -5.49. The van der Waals surface area contributed by atoms with Gasteiger partial charge in [-0.05, 0) is 34.9 Å². The fraction of sp³-hybridized carbons (Fsp3) is 0.194. The van der Waals surface area contributed by atoms with Crippen LogP contribution in [-0.2, 0) is 6.42 Å². The van der Waals surface area contributed by atoms with Gasteiger partial charge in [-0.1, -0.05) is 24.3 Å². The Morgan fingerprint density at radius 1 is 1.07 bits per heavy atom. The average Bonchev–Trinajstić information content (AvgIpc) is 3.03. The summed E-state index contributed by atoms with van der Waals surface area (Å²) < 4.78 is 16.5. The van der Waals surface area contributed by atoms with Crippen LogP contribution >= 0.6 is 0 Å². The monoisotopic (exact) mass is 581 g/mol. The number of pyridine rings is 1. The van der Waals surface area contributed by atoms with Gasteiger partial charge in [-0.15, -0.1) is 0 Å². The third kappa shape index (κ3) is 6.39. The molecule has 3 heterocycles. The first kappa shape index (κ1) is 29.0. The molecule has 0 amide bonds. The Labute approximate surface area is 248 Å². The molecule has 1 aliphatic heterocycles. The normalized spacial score (nSPS) is 14.0. The van der Waals surface area contributed by atoms with Gasteiger partial charge < -0.3 is 30.8 Å². The zero-order valence-electron chi connectivity index (χ0n) is 23.7. The number of anilines is 2. The molecular formula is C31H31N7O5. The molecule has 43 heavy (non-hydrogen) atoms. The van der Waals surface area contributed by atoms with E-state index in [2.05, 4.69) is 20.1 Å². The smallest absolute Gasteiger partial charge is 0.221 e. The number of hydrogen-bond acceptors (Lipinski definition) is 12. The molecule has 1 atom stereocenters. The minimum Gasteiger partial charge on any atom is -0.493 e. The molecule has 12 heteroatoms. The molecule has 4 aromatic rings. The van der Waals surface area contributed by atoms with E-state index < -0.39 is 0 Å². The van der Waals surface area contributed by atoms with Gasteiger partial charge in [-0.2, -0.15) is 10.1 Å². The summed E-state index contributed by atoms with van der Waals surface area (Å²) in [5.41, 5.74) is 16.2. The van der Waals surface area contributed by atoms with Crippen LogP contribution in [0.3, 0.4) is 0 Å². The van der Waals surface area contributed by atoms with E-state index in [0.717, 1.165) is 22.3 Å². The molecular weight excluding hydrogens is 550 g/mol. The third-order valence-electron chi connectivity index (χ3n) is 6.80. The standard InChI is InChI=1S/C31H31N7O5/c1-41-26-15-19(13-22-17-35-31(33)37-30(22)32)14-24(29(26)42-2)25(40)9-10-38-28(23-6-4-3-5-20(23)18-36-38)21-7-8-27(34-16-21)43-12-11-39/h3-10,14-18,28,39H,11-13H2,1-2H3,(H4,32,33,35,37)/b10-9+. The number of carbonyl (C=O) groups is 1. The van der Waals surface area contributed by atoms with Gasteiger partial charge in [-0.3, -0.25) is 9.80 Å². The number of nitrogens with zero attached hydrogens (tertiary/aromatic N) is 5. The van der Waals surface area contributed by atoms with Crippen molar-refractivity contribution in [1.82, 2.24) is 20.0 Å². The lowest BCUT2D eigenvalue weighted by Crippen LogP contribution is -2.25. The fourth-order valence-corrected chi connectivity index (χ4v) is 4.79. The number of aliphatic hydroxyl groups excluding tert-OH is 1. The second-order valence-electron chi connectivity index (χ2n) is 9.53. The highest BCUT2D eigenvalue weighted by molar-refractivity contribution is 6.07. The van der Waals surface area contributed by atoms with Crippen molar-refractivity contribution in [3.05, 3.63) is 107 Å². The Morgan fingerprint density at radius 2 is 1.91 bits per heavy atom. The summed E-state index contributed by atoms with van der Waals surface area (Å²) in [6.07, 6.45) is 8.41. The largest absolute Gasteiger partial charge is 0.493 e. The molecule has 0 fully saturated rings. The van der Waals surface area contributed by atoms with E-state index in [1.807, 2.05) is 30.3 Å². The van der Waals surface area contributed by atoms with Crippen LogP contribution in [0.25, 0.3) is 0 Å². The lowest BCUT2D eigenvalue weighted by Gasteiger charge is -2.31. The Kier molecular flexibility index (Phi) is 8.77. The molecule has 1 unspecified atom stereocenters. The van der Waals surface area contributed by atoms with Crippen LogP contribution < -0.4 is 25.7 Å². The van der Waals surface area contributed by atoms with Crippen LogP contribution in [0.15, 0.2) is 78.3 Å². The van der Waals surface area contributed by atoms with Gasteiger partial charge >= 0.3 is 0 Å². The number of fused-ring (bicyclic) bond motifs is 1. The topological polar surface area (TPSA) is 171 Å². The summed E-state index contributed by atoms with van der Waals surface area (Å²) in [5.74, 6) is 1.11. The molecule has 220 valence electrons. The number of hydrazone groups is 1. The second-order valence-corrected chi connectivity index (χ2v) is 9.53. The fourth-order valence-electron chi connectivity index (χ4n) is 4.79. The van der Waals surface area contributed by atoms with Crippen LogP contribution in [0, 0.1) is 0 Å². The second kappa shape index (κ2) is 13.0. The quantitative estimate of drug-likeness (QED) is 0.175. The first-order chi connectivity index (χ1) is 20.9. The van der Waals surface area contributed by atoms with Crippen molar-refractivity contribution in [3.63, 3.8) is 0 Å². The Bertz CT molecular complexity index is 1670. The minimum atomic E-state index is -0.360. The summed E-state index contributed by atoms with van der Waals surface area (Å²) in [4.78, 5) is 26.1. The number of ketones is 1. The molecule has 0 saturated carbocycles. The number of hydrogen-bond donors (Lipinski definition) is 3. The van der Waals surface area contributed by atoms with Crippen molar-refractivity contribution in [2.75, 3.05) is 38.9 Å². The van der Waals surface area contributed by atoms with E-state index in [1.165, 1.54) is 20.3 Å². The zero-order valence-corrected chi connectivity index (χ0v) is 23.7. The van der Waals surface area contributed by atoms with Crippen LogP contribution in [0.4, 0.5) is 11.8 Å². The van der Waals surface area contributed by atoms with E-state index in [0.29, 0.717) is 34.9 Å². The number of nitrogen functional groups attached to an aromatic ring is 2. The number of carbonyl (C=O) groups excluding carboxylic acids is 1.